The number of anilines is 2. The van der Waals surface area contributed by atoms with Crippen LogP contribution < -0.4 is 15.4 Å². The third-order valence-electron chi connectivity index (χ3n) is 4.54. The lowest BCUT2D eigenvalue weighted by Crippen LogP contribution is -2.17. The molecule has 0 aliphatic heterocycles. The number of carbonyl (C=O) groups excluding carboxylic acids is 1. The van der Waals surface area contributed by atoms with Gasteiger partial charge in [0, 0.05) is 41.7 Å². The van der Waals surface area contributed by atoms with Crippen LogP contribution in [0.15, 0.2) is 48.7 Å². The Kier molecular flexibility index (Phi) is 5.01. The third kappa shape index (κ3) is 3.52. The minimum Gasteiger partial charge on any atom is -0.480 e. The molecule has 4 rings (SSSR count). The summed E-state index contributed by atoms with van der Waals surface area (Å²) in [7, 11) is 3.01. The molecule has 3 N–H and O–H groups in total. The number of nitrogens with zero attached hydrogens (tertiary/aromatic N) is 2. The highest BCUT2D eigenvalue weighted by Crippen LogP contribution is 2.35. The van der Waals surface area contributed by atoms with Crippen LogP contribution in [0.5, 0.6) is 5.88 Å². The molecule has 0 fully saturated rings. The van der Waals surface area contributed by atoms with E-state index in [1.165, 1.54) is 19.2 Å². The lowest BCUT2D eigenvalue weighted by Gasteiger charge is -2.09. The van der Waals surface area contributed by atoms with E-state index in [1.807, 2.05) is 0 Å². The molecule has 0 bridgehead atoms. The maximum atomic E-state index is 14.3. The van der Waals surface area contributed by atoms with Gasteiger partial charge in [-0.25, -0.2) is 8.78 Å². The third-order valence-corrected chi connectivity index (χ3v) is 4.54. The first-order chi connectivity index (χ1) is 14.5. The van der Waals surface area contributed by atoms with Crippen molar-refractivity contribution in [2.45, 2.75) is 0 Å². The van der Waals surface area contributed by atoms with Crippen LogP contribution in [0.3, 0.4) is 0 Å². The molecule has 0 aliphatic carbocycles. The molecule has 1 amide bonds. The lowest BCUT2D eigenvalue weighted by molar-refractivity contribution is 0.0963. The summed E-state index contributed by atoms with van der Waals surface area (Å²) < 4.78 is 32.9. The van der Waals surface area contributed by atoms with Gasteiger partial charge in [0.05, 0.1) is 12.5 Å². The van der Waals surface area contributed by atoms with Crippen molar-refractivity contribution in [3.8, 4) is 17.0 Å². The van der Waals surface area contributed by atoms with Gasteiger partial charge in [0.1, 0.15) is 17.3 Å². The maximum Gasteiger partial charge on any atom is 0.251 e. The number of fused-ring (bicyclic) bond motifs is 1. The number of methoxy groups -OCH3 is 1. The number of hydrogen-bond donors (Lipinski definition) is 3. The van der Waals surface area contributed by atoms with Gasteiger partial charge in [-0.15, -0.1) is 0 Å². The average molecular weight is 409 g/mol. The van der Waals surface area contributed by atoms with E-state index in [2.05, 4.69) is 25.6 Å². The molecule has 9 heteroatoms. The maximum absolute atomic E-state index is 14.3. The quantitative estimate of drug-likeness (QED) is 0.463. The molecule has 0 aliphatic rings. The average Bonchev–Trinajstić information content (AvgIpc) is 3.17. The van der Waals surface area contributed by atoms with Crippen molar-refractivity contribution in [2.75, 3.05) is 19.5 Å². The van der Waals surface area contributed by atoms with Crippen LogP contribution in [0, 0.1) is 11.6 Å². The van der Waals surface area contributed by atoms with Gasteiger partial charge < -0.3 is 20.4 Å². The standard InChI is InChI=1S/C21H17F2N5O2/c1-24-19(29)11-3-6-13(7-4-11)26-21-27-18-17(20(28-21)30-2)15(10-25-18)14-8-5-12(22)9-16(14)23/h3-10H,1-2H3,(H,24,29)(H2,25,26,27,28). The fraction of sp³-hybridized carbons (Fsp3) is 0.0952. The highest BCUT2D eigenvalue weighted by atomic mass is 19.1. The Morgan fingerprint density at radius 3 is 2.50 bits per heavy atom. The molecule has 0 saturated heterocycles. The molecule has 4 aromatic rings. The summed E-state index contributed by atoms with van der Waals surface area (Å²) in [6.45, 7) is 0. The minimum absolute atomic E-state index is 0.187. The number of amides is 1. The Bertz CT molecular complexity index is 1240. The first-order valence-electron chi connectivity index (χ1n) is 8.98. The van der Waals surface area contributed by atoms with Gasteiger partial charge in [-0.05, 0) is 36.4 Å². The van der Waals surface area contributed by atoms with Gasteiger partial charge in [0.15, 0.2) is 0 Å². The molecule has 0 atom stereocenters. The van der Waals surface area contributed by atoms with E-state index in [1.54, 1.807) is 37.5 Å². The molecule has 0 saturated carbocycles. The number of aromatic amines is 1. The number of hydrogen-bond acceptors (Lipinski definition) is 5. The summed E-state index contributed by atoms with van der Waals surface area (Å²) in [5, 5.41) is 6.08. The number of aromatic nitrogens is 3. The molecule has 2 aromatic heterocycles. The van der Waals surface area contributed by atoms with Crippen molar-refractivity contribution in [3.63, 3.8) is 0 Å². The van der Waals surface area contributed by atoms with Crippen LogP contribution in [0.25, 0.3) is 22.2 Å². The zero-order valence-corrected chi connectivity index (χ0v) is 16.1. The zero-order chi connectivity index (χ0) is 21.3. The second-order valence-electron chi connectivity index (χ2n) is 6.39. The Morgan fingerprint density at radius 1 is 1.07 bits per heavy atom. The Balaban J connectivity index is 1.71. The van der Waals surface area contributed by atoms with Crippen LogP contribution >= 0.6 is 0 Å². The van der Waals surface area contributed by atoms with E-state index in [0.29, 0.717) is 27.8 Å². The summed E-state index contributed by atoms with van der Waals surface area (Å²) in [4.78, 5) is 23.4. The Morgan fingerprint density at radius 2 is 1.83 bits per heavy atom. The highest BCUT2D eigenvalue weighted by molar-refractivity contribution is 5.98. The van der Waals surface area contributed by atoms with Crippen molar-refractivity contribution >= 4 is 28.6 Å². The number of carbonyl (C=O) groups is 1. The molecule has 2 heterocycles. The second-order valence-corrected chi connectivity index (χ2v) is 6.39. The molecule has 0 unspecified atom stereocenters. The Labute approximate surface area is 170 Å². The largest absolute Gasteiger partial charge is 0.480 e. The molecule has 7 nitrogen and oxygen atoms in total. The fourth-order valence-electron chi connectivity index (χ4n) is 3.10. The molecule has 0 radical (unpaired) electrons. The van der Waals surface area contributed by atoms with Crippen molar-refractivity contribution in [1.82, 2.24) is 20.3 Å². The first kappa shape index (κ1) is 19.3. The van der Waals surface area contributed by atoms with Crippen LogP contribution in [-0.4, -0.2) is 35.0 Å². The summed E-state index contributed by atoms with van der Waals surface area (Å²) in [6, 6.07) is 10.1. The summed E-state index contributed by atoms with van der Waals surface area (Å²) in [5.74, 6) is -1.07. The van der Waals surface area contributed by atoms with E-state index in [-0.39, 0.29) is 23.3 Å². The second kappa shape index (κ2) is 7.78. The van der Waals surface area contributed by atoms with E-state index < -0.39 is 11.6 Å². The van der Waals surface area contributed by atoms with E-state index in [0.717, 1.165) is 6.07 Å². The number of benzene rings is 2. The van der Waals surface area contributed by atoms with Crippen molar-refractivity contribution in [2.24, 2.45) is 0 Å². The van der Waals surface area contributed by atoms with E-state index in [9.17, 15) is 13.6 Å². The number of H-pyrrole nitrogens is 1. The van der Waals surface area contributed by atoms with Gasteiger partial charge >= 0.3 is 0 Å². The Hall–Kier alpha value is -4.01. The molecule has 152 valence electrons. The number of rotatable bonds is 5. The van der Waals surface area contributed by atoms with Crippen LogP contribution in [0.2, 0.25) is 0 Å². The van der Waals surface area contributed by atoms with Gasteiger partial charge in [-0.1, -0.05) is 0 Å². The summed E-state index contributed by atoms with van der Waals surface area (Å²) >= 11 is 0. The van der Waals surface area contributed by atoms with Crippen LogP contribution in [-0.2, 0) is 0 Å². The minimum atomic E-state index is -0.698. The van der Waals surface area contributed by atoms with Gasteiger partial charge in [0.25, 0.3) is 5.91 Å². The van der Waals surface area contributed by atoms with E-state index >= 15 is 0 Å². The molecule has 30 heavy (non-hydrogen) atoms. The van der Waals surface area contributed by atoms with Gasteiger partial charge in [-0.2, -0.15) is 9.97 Å². The SMILES string of the molecule is CNC(=O)c1ccc(Nc2nc(OC)c3c(-c4ccc(F)cc4F)c[nH]c3n2)cc1. The zero-order valence-electron chi connectivity index (χ0n) is 16.1. The van der Waals surface area contributed by atoms with Crippen molar-refractivity contribution < 1.29 is 18.3 Å². The molecule has 0 spiro atoms. The molecular formula is C21H17F2N5O2. The summed E-state index contributed by atoms with van der Waals surface area (Å²) in [5.41, 5.74) is 2.27. The summed E-state index contributed by atoms with van der Waals surface area (Å²) in [6.07, 6.45) is 1.57. The fourth-order valence-corrected chi connectivity index (χ4v) is 3.10. The predicted molar refractivity (Wildman–Crippen MR) is 109 cm³/mol. The van der Waals surface area contributed by atoms with Crippen LogP contribution in [0.4, 0.5) is 20.4 Å². The van der Waals surface area contributed by atoms with Crippen molar-refractivity contribution in [3.05, 3.63) is 65.9 Å². The first-order valence-corrected chi connectivity index (χ1v) is 8.98. The normalized spacial score (nSPS) is 10.8. The van der Waals surface area contributed by atoms with E-state index in [4.69, 9.17) is 4.74 Å². The number of halogens is 2. The smallest absolute Gasteiger partial charge is 0.251 e. The number of ether oxygens (including phenoxy) is 1. The van der Waals surface area contributed by atoms with Crippen molar-refractivity contribution in [1.29, 1.82) is 0 Å². The highest BCUT2D eigenvalue weighted by Gasteiger charge is 2.18. The predicted octanol–water partition coefficient (Wildman–Crippen LogP) is 4.01. The molecule has 2 aromatic carbocycles. The van der Waals surface area contributed by atoms with Gasteiger partial charge in [0.2, 0.25) is 11.8 Å². The van der Waals surface area contributed by atoms with Gasteiger partial charge in [-0.3, -0.25) is 4.79 Å². The molecular weight excluding hydrogens is 392 g/mol. The van der Waals surface area contributed by atoms with Crippen LogP contribution in [0.1, 0.15) is 10.4 Å². The monoisotopic (exact) mass is 409 g/mol. The number of nitrogens with one attached hydrogen (secondary N) is 3. The lowest BCUT2D eigenvalue weighted by atomic mass is 10.1. The topological polar surface area (TPSA) is 91.9 Å².